The fourth-order valence-corrected chi connectivity index (χ4v) is 1.70. The molecular weight excluding hydrogens is 238 g/mol. The summed E-state index contributed by atoms with van der Waals surface area (Å²) in [5, 5.41) is 13.9. The molecule has 0 amide bonds. The summed E-state index contributed by atoms with van der Waals surface area (Å²) in [5.41, 5.74) is 3.08. The number of aromatic amines is 2. The predicted molar refractivity (Wildman–Crippen MR) is 76.2 cm³/mol. The van der Waals surface area contributed by atoms with Crippen LogP contribution < -0.4 is 0 Å². The third-order valence-electron chi connectivity index (χ3n) is 2.60. The van der Waals surface area contributed by atoms with E-state index in [1.807, 2.05) is 25.3 Å². The van der Waals surface area contributed by atoms with Gasteiger partial charge in [0.15, 0.2) is 0 Å². The monoisotopic (exact) mass is 255 g/mol. The lowest BCUT2D eigenvalue weighted by atomic mass is 10.1. The van der Waals surface area contributed by atoms with Gasteiger partial charge in [0.25, 0.3) is 0 Å². The Labute approximate surface area is 112 Å². The van der Waals surface area contributed by atoms with Crippen LogP contribution >= 0.6 is 0 Å². The minimum Gasteiger partial charge on any atom is -0.358 e. The van der Waals surface area contributed by atoms with Gasteiger partial charge in [-0.2, -0.15) is 5.21 Å². The van der Waals surface area contributed by atoms with Crippen molar-refractivity contribution >= 4 is 5.57 Å². The highest BCUT2D eigenvalue weighted by atomic mass is 15.5. The highest BCUT2D eigenvalue weighted by molar-refractivity contribution is 5.77. The molecule has 0 saturated carbocycles. The van der Waals surface area contributed by atoms with Gasteiger partial charge in [-0.15, -0.1) is 10.2 Å². The molecule has 98 valence electrons. The molecule has 5 heteroatoms. The summed E-state index contributed by atoms with van der Waals surface area (Å²) in [6.45, 7) is 4.12. The molecule has 0 aliphatic rings. The number of hydrogen-bond acceptors (Lipinski definition) is 3. The average molecular weight is 255 g/mol. The van der Waals surface area contributed by atoms with E-state index < -0.39 is 0 Å². The second kappa shape index (κ2) is 6.49. The lowest BCUT2D eigenvalue weighted by molar-refractivity contribution is 0.881. The van der Waals surface area contributed by atoms with Crippen LogP contribution in [0.2, 0.25) is 0 Å². The van der Waals surface area contributed by atoms with Crippen LogP contribution in [0.15, 0.2) is 42.6 Å². The lowest BCUT2D eigenvalue weighted by Gasteiger charge is -1.96. The molecule has 0 radical (unpaired) electrons. The maximum Gasteiger partial charge on any atom is 0.220 e. The SMILES string of the molecule is C\C=C/C(=C\C=C\CC)c1c[nH]c(-c2nn[nH]n2)c1. The van der Waals surface area contributed by atoms with Gasteiger partial charge in [0, 0.05) is 6.20 Å². The molecule has 0 aromatic carbocycles. The van der Waals surface area contributed by atoms with E-state index in [4.69, 9.17) is 0 Å². The van der Waals surface area contributed by atoms with Crippen molar-refractivity contribution in [1.82, 2.24) is 25.6 Å². The topological polar surface area (TPSA) is 70.2 Å². The maximum atomic E-state index is 3.95. The molecule has 0 aliphatic carbocycles. The number of tetrazole rings is 1. The first-order valence-corrected chi connectivity index (χ1v) is 6.27. The second-order valence-corrected chi connectivity index (χ2v) is 4.00. The van der Waals surface area contributed by atoms with Crippen molar-refractivity contribution in [3.63, 3.8) is 0 Å². The van der Waals surface area contributed by atoms with E-state index in [0.717, 1.165) is 23.3 Å². The predicted octanol–water partition coefficient (Wildman–Crippen LogP) is 3.12. The summed E-state index contributed by atoms with van der Waals surface area (Å²) in [7, 11) is 0. The van der Waals surface area contributed by atoms with Crippen LogP contribution in [0.5, 0.6) is 0 Å². The number of hydrogen-bond donors (Lipinski definition) is 2. The highest BCUT2D eigenvalue weighted by Gasteiger charge is 2.07. The Morgan fingerprint density at radius 2 is 2.32 bits per heavy atom. The fraction of sp³-hybridized carbons (Fsp3) is 0.214. The van der Waals surface area contributed by atoms with Gasteiger partial charge in [-0.3, -0.25) is 0 Å². The molecule has 2 rings (SSSR count). The van der Waals surface area contributed by atoms with E-state index >= 15 is 0 Å². The van der Waals surface area contributed by atoms with Gasteiger partial charge >= 0.3 is 0 Å². The molecule has 0 aliphatic heterocycles. The molecule has 5 nitrogen and oxygen atoms in total. The van der Waals surface area contributed by atoms with Gasteiger partial charge in [0.2, 0.25) is 5.82 Å². The van der Waals surface area contributed by atoms with Gasteiger partial charge in [-0.05, 0) is 35.8 Å². The normalized spacial score (nSPS) is 12.8. The lowest BCUT2D eigenvalue weighted by Crippen LogP contribution is -1.79. The third-order valence-corrected chi connectivity index (χ3v) is 2.60. The van der Waals surface area contributed by atoms with Gasteiger partial charge in [-0.25, -0.2) is 0 Å². The van der Waals surface area contributed by atoms with E-state index in [0.29, 0.717) is 5.82 Å². The number of nitrogens with zero attached hydrogens (tertiary/aromatic N) is 3. The summed E-state index contributed by atoms with van der Waals surface area (Å²) < 4.78 is 0. The van der Waals surface area contributed by atoms with Crippen molar-refractivity contribution in [3.8, 4) is 11.5 Å². The summed E-state index contributed by atoms with van der Waals surface area (Å²) in [4.78, 5) is 3.15. The van der Waals surface area contributed by atoms with Gasteiger partial charge < -0.3 is 4.98 Å². The van der Waals surface area contributed by atoms with Crippen molar-refractivity contribution in [1.29, 1.82) is 0 Å². The standard InChI is InChI=1S/C14H17N5/c1-3-5-6-8-11(7-4-2)12-9-13(15-10-12)14-16-18-19-17-14/h4-10,15H,3H2,1-2H3,(H,16,17,18,19)/b6-5+,7-4-,11-8+. The molecule has 0 saturated heterocycles. The molecule has 0 spiro atoms. The van der Waals surface area contributed by atoms with Crippen LogP contribution in [0.3, 0.4) is 0 Å². The number of allylic oxidation sites excluding steroid dienone is 6. The summed E-state index contributed by atoms with van der Waals surface area (Å²) in [6.07, 6.45) is 13.3. The average Bonchev–Trinajstić information content (AvgIpc) is 3.08. The molecule has 2 heterocycles. The highest BCUT2D eigenvalue weighted by Crippen LogP contribution is 2.21. The molecule has 0 unspecified atom stereocenters. The molecule has 0 bridgehead atoms. The van der Waals surface area contributed by atoms with Crippen molar-refractivity contribution in [2.75, 3.05) is 0 Å². The Hall–Kier alpha value is -2.43. The van der Waals surface area contributed by atoms with E-state index in [-0.39, 0.29) is 0 Å². The zero-order valence-corrected chi connectivity index (χ0v) is 11.1. The summed E-state index contributed by atoms with van der Waals surface area (Å²) in [5.74, 6) is 0.565. The zero-order valence-electron chi connectivity index (χ0n) is 11.1. The molecular formula is C14H17N5. The summed E-state index contributed by atoms with van der Waals surface area (Å²) >= 11 is 0. The number of rotatable bonds is 5. The Morgan fingerprint density at radius 1 is 1.42 bits per heavy atom. The van der Waals surface area contributed by atoms with Crippen molar-refractivity contribution in [3.05, 3.63) is 48.2 Å². The second-order valence-electron chi connectivity index (χ2n) is 4.00. The van der Waals surface area contributed by atoms with Crippen LogP contribution in [0, 0.1) is 0 Å². The van der Waals surface area contributed by atoms with Crippen LogP contribution in [-0.2, 0) is 0 Å². The van der Waals surface area contributed by atoms with Crippen molar-refractivity contribution < 1.29 is 0 Å². The van der Waals surface area contributed by atoms with Crippen LogP contribution in [0.4, 0.5) is 0 Å². The quantitative estimate of drug-likeness (QED) is 0.806. The molecule has 2 N–H and O–H groups in total. The van der Waals surface area contributed by atoms with Crippen LogP contribution in [0.1, 0.15) is 25.8 Å². The Bertz CT molecular complexity index is 587. The van der Waals surface area contributed by atoms with E-state index in [1.165, 1.54) is 0 Å². The largest absolute Gasteiger partial charge is 0.358 e. The number of H-pyrrole nitrogens is 2. The zero-order chi connectivity index (χ0) is 13.5. The molecule has 2 aromatic rings. The summed E-state index contributed by atoms with van der Waals surface area (Å²) in [6, 6.07) is 2.01. The minimum absolute atomic E-state index is 0.565. The van der Waals surface area contributed by atoms with Crippen LogP contribution in [0.25, 0.3) is 17.1 Å². The molecule has 0 fully saturated rings. The Morgan fingerprint density at radius 3 is 3.00 bits per heavy atom. The minimum atomic E-state index is 0.565. The maximum absolute atomic E-state index is 3.95. The van der Waals surface area contributed by atoms with Gasteiger partial charge in [0.05, 0.1) is 5.69 Å². The van der Waals surface area contributed by atoms with Gasteiger partial charge in [-0.1, -0.05) is 37.3 Å². The third kappa shape index (κ3) is 3.28. The number of aromatic nitrogens is 5. The Balaban J connectivity index is 2.28. The van der Waals surface area contributed by atoms with E-state index in [2.05, 4.69) is 56.8 Å². The first-order chi connectivity index (χ1) is 9.35. The van der Waals surface area contributed by atoms with Crippen molar-refractivity contribution in [2.45, 2.75) is 20.3 Å². The first-order valence-electron chi connectivity index (χ1n) is 6.27. The smallest absolute Gasteiger partial charge is 0.220 e. The molecule has 2 aromatic heterocycles. The number of nitrogens with one attached hydrogen (secondary N) is 2. The van der Waals surface area contributed by atoms with Crippen LogP contribution in [-0.4, -0.2) is 25.6 Å². The van der Waals surface area contributed by atoms with E-state index in [9.17, 15) is 0 Å². The molecule has 19 heavy (non-hydrogen) atoms. The first kappa shape index (κ1) is 13.0. The van der Waals surface area contributed by atoms with Crippen molar-refractivity contribution in [2.24, 2.45) is 0 Å². The molecule has 0 atom stereocenters. The Kier molecular flexibility index (Phi) is 4.44. The fourth-order valence-electron chi connectivity index (χ4n) is 1.70. The van der Waals surface area contributed by atoms with Gasteiger partial charge in [0.1, 0.15) is 0 Å². The van der Waals surface area contributed by atoms with E-state index in [1.54, 1.807) is 0 Å².